The molecule has 4 rings (SSSR count). The van der Waals surface area contributed by atoms with E-state index in [9.17, 15) is 14.4 Å². The maximum absolute atomic E-state index is 12.7. The summed E-state index contributed by atoms with van der Waals surface area (Å²) < 4.78 is 0. The fourth-order valence-electron chi connectivity index (χ4n) is 4.08. The van der Waals surface area contributed by atoms with Crippen LogP contribution in [0.25, 0.3) is 0 Å². The van der Waals surface area contributed by atoms with Gasteiger partial charge in [0.25, 0.3) is 5.91 Å². The van der Waals surface area contributed by atoms with E-state index in [-0.39, 0.29) is 18.4 Å². The van der Waals surface area contributed by atoms with Crippen molar-refractivity contribution in [1.29, 1.82) is 0 Å². The number of nitrogens with one attached hydrogen (secondary N) is 2. The molecule has 4 amide bonds. The number of hydrogen-bond donors (Lipinski definition) is 2. The average Bonchev–Trinajstić information content (AvgIpc) is 3.25. The molecule has 2 aliphatic rings. The Bertz CT molecular complexity index is 904. The molecule has 1 saturated heterocycles. The van der Waals surface area contributed by atoms with Crippen molar-refractivity contribution < 1.29 is 14.4 Å². The Kier molecular flexibility index (Phi) is 4.86. The van der Waals surface area contributed by atoms with Crippen molar-refractivity contribution in [1.82, 2.24) is 10.2 Å². The lowest BCUT2D eigenvalue weighted by molar-refractivity contribution is -0.133. The van der Waals surface area contributed by atoms with E-state index in [4.69, 9.17) is 0 Å². The van der Waals surface area contributed by atoms with Crippen molar-refractivity contribution in [3.05, 3.63) is 65.7 Å². The number of rotatable bonds is 5. The van der Waals surface area contributed by atoms with Gasteiger partial charge in [-0.3, -0.25) is 14.5 Å². The van der Waals surface area contributed by atoms with Crippen LogP contribution >= 0.6 is 0 Å². The second-order valence-electron chi connectivity index (χ2n) is 7.48. The van der Waals surface area contributed by atoms with E-state index in [0.29, 0.717) is 24.9 Å². The smallest absolute Gasteiger partial charge is 0.324 e. The molecule has 1 saturated carbocycles. The van der Waals surface area contributed by atoms with Crippen LogP contribution in [0, 0.1) is 0 Å². The fourth-order valence-corrected chi connectivity index (χ4v) is 4.08. The largest absolute Gasteiger partial charge is 0.325 e. The molecule has 0 radical (unpaired) electrons. The summed E-state index contributed by atoms with van der Waals surface area (Å²) in [5.74, 6) is -0.651. The molecular formula is C22H23N3O3. The molecule has 0 unspecified atom stereocenters. The molecule has 2 fully saturated rings. The van der Waals surface area contributed by atoms with Gasteiger partial charge in [0.05, 0.1) is 0 Å². The van der Waals surface area contributed by atoms with Crippen LogP contribution in [0.4, 0.5) is 10.5 Å². The number of nitrogens with zero attached hydrogens (tertiary/aromatic N) is 1. The van der Waals surface area contributed by atoms with Gasteiger partial charge in [-0.1, -0.05) is 61.4 Å². The standard InChI is InChI=1S/C22H23N3O3/c26-19(15-25-20(27)22(24-21(25)28)12-6-7-13-22)23-18-11-5-4-10-17(18)14-16-8-2-1-3-9-16/h1-5,8-11H,6-7,12-15H2,(H,23,26)(H,24,28). The summed E-state index contributed by atoms with van der Waals surface area (Å²) in [5, 5.41) is 5.66. The van der Waals surface area contributed by atoms with Crippen molar-refractivity contribution in [2.75, 3.05) is 11.9 Å². The van der Waals surface area contributed by atoms with Crippen molar-refractivity contribution in [2.45, 2.75) is 37.6 Å². The molecule has 1 aliphatic carbocycles. The maximum Gasteiger partial charge on any atom is 0.325 e. The molecule has 144 valence electrons. The Morgan fingerprint density at radius 3 is 2.43 bits per heavy atom. The van der Waals surface area contributed by atoms with Gasteiger partial charge >= 0.3 is 6.03 Å². The average molecular weight is 377 g/mol. The summed E-state index contributed by atoms with van der Waals surface area (Å²) in [7, 11) is 0. The number of urea groups is 1. The molecule has 6 nitrogen and oxygen atoms in total. The highest BCUT2D eigenvalue weighted by Crippen LogP contribution is 2.35. The van der Waals surface area contributed by atoms with E-state index in [2.05, 4.69) is 10.6 Å². The molecular weight excluding hydrogens is 354 g/mol. The first-order valence-corrected chi connectivity index (χ1v) is 9.63. The zero-order valence-electron chi connectivity index (χ0n) is 15.6. The minimum atomic E-state index is -0.789. The zero-order valence-corrected chi connectivity index (χ0v) is 15.6. The van der Waals surface area contributed by atoms with E-state index in [0.717, 1.165) is 28.9 Å². The van der Waals surface area contributed by atoms with Gasteiger partial charge in [0.1, 0.15) is 12.1 Å². The number of imide groups is 1. The van der Waals surface area contributed by atoms with Gasteiger partial charge in [-0.05, 0) is 36.5 Å². The van der Waals surface area contributed by atoms with Crippen molar-refractivity contribution in [3.63, 3.8) is 0 Å². The molecule has 0 aromatic heterocycles. The third-order valence-corrected chi connectivity index (χ3v) is 5.53. The van der Waals surface area contributed by atoms with Crippen LogP contribution in [0.15, 0.2) is 54.6 Å². The number of benzene rings is 2. The third kappa shape index (κ3) is 3.50. The van der Waals surface area contributed by atoms with Gasteiger partial charge in [0, 0.05) is 5.69 Å². The van der Waals surface area contributed by atoms with Gasteiger partial charge in [-0.15, -0.1) is 0 Å². The Morgan fingerprint density at radius 2 is 1.68 bits per heavy atom. The molecule has 2 aromatic rings. The minimum absolute atomic E-state index is 0.272. The minimum Gasteiger partial charge on any atom is -0.324 e. The highest BCUT2D eigenvalue weighted by Gasteiger charge is 2.52. The third-order valence-electron chi connectivity index (χ3n) is 5.53. The van der Waals surface area contributed by atoms with Crippen LogP contribution < -0.4 is 10.6 Å². The molecule has 6 heteroatoms. The van der Waals surface area contributed by atoms with E-state index in [1.165, 1.54) is 0 Å². The number of hydrogen-bond acceptors (Lipinski definition) is 3. The lowest BCUT2D eigenvalue weighted by Crippen LogP contribution is -2.44. The van der Waals surface area contributed by atoms with Crippen molar-refractivity contribution in [3.8, 4) is 0 Å². The summed E-state index contributed by atoms with van der Waals surface area (Å²) >= 11 is 0. The van der Waals surface area contributed by atoms with Gasteiger partial charge in [-0.2, -0.15) is 0 Å². The first-order valence-electron chi connectivity index (χ1n) is 9.63. The van der Waals surface area contributed by atoms with Crippen LogP contribution in [0.3, 0.4) is 0 Å². The molecule has 1 heterocycles. The van der Waals surface area contributed by atoms with Gasteiger partial charge in [0.2, 0.25) is 5.91 Å². The van der Waals surface area contributed by atoms with E-state index < -0.39 is 11.6 Å². The van der Waals surface area contributed by atoms with Crippen molar-refractivity contribution in [2.24, 2.45) is 0 Å². The maximum atomic E-state index is 12.7. The van der Waals surface area contributed by atoms with Crippen LogP contribution in [0.5, 0.6) is 0 Å². The summed E-state index contributed by atoms with van der Waals surface area (Å²) in [6, 6.07) is 17.1. The highest BCUT2D eigenvalue weighted by atomic mass is 16.2. The monoisotopic (exact) mass is 377 g/mol. The molecule has 1 spiro atoms. The zero-order chi connectivity index (χ0) is 19.6. The SMILES string of the molecule is O=C(CN1C(=O)NC2(CCCC2)C1=O)Nc1ccccc1Cc1ccccc1. The molecule has 1 aliphatic heterocycles. The Balaban J connectivity index is 1.45. The number of amides is 4. The number of anilines is 1. The summed E-state index contributed by atoms with van der Waals surface area (Å²) in [5.41, 5.74) is 2.02. The quantitative estimate of drug-likeness (QED) is 0.786. The van der Waals surface area contributed by atoms with E-state index in [1.54, 1.807) is 0 Å². The second kappa shape index (κ2) is 7.46. The predicted molar refractivity (Wildman–Crippen MR) is 106 cm³/mol. The van der Waals surface area contributed by atoms with Gasteiger partial charge < -0.3 is 10.6 Å². The molecule has 2 aromatic carbocycles. The predicted octanol–water partition coefficient (Wildman–Crippen LogP) is 3.08. The Hall–Kier alpha value is -3.15. The highest BCUT2D eigenvalue weighted by molar-refractivity contribution is 6.10. The number of carbonyl (C=O) groups excluding carboxylic acids is 3. The topological polar surface area (TPSA) is 78.5 Å². The molecule has 2 N–H and O–H groups in total. The van der Waals surface area contributed by atoms with Crippen LogP contribution in [0.1, 0.15) is 36.8 Å². The summed E-state index contributed by atoms with van der Waals surface area (Å²) in [6.45, 7) is -0.272. The van der Waals surface area contributed by atoms with Crippen LogP contribution in [-0.2, 0) is 16.0 Å². The lowest BCUT2D eigenvalue weighted by Gasteiger charge is -2.20. The van der Waals surface area contributed by atoms with Crippen LogP contribution in [0.2, 0.25) is 0 Å². The number of carbonyl (C=O) groups is 3. The van der Waals surface area contributed by atoms with Crippen LogP contribution in [-0.4, -0.2) is 34.8 Å². The Labute approximate surface area is 163 Å². The Morgan fingerprint density at radius 1 is 1.00 bits per heavy atom. The van der Waals surface area contributed by atoms with Crippen molar-refractivity contribution >= 4 is 23.5 Å². The normalized spacial score (nSPS) is 17.8. The lowest BCUT2D eigenvalue weighted by atomic mass is 9.98. The van der Waals surface area contributed by atoms with E-state index in [1.807, 2.05) is 54.6 Å². The molecule has 0 bridgehead atoms. The molecule has 28 heavy (non-hydrogen) atoms. The van der Waals surface area contributed by atoms with E-state index >= 15 is 0 Å². The summed E-state index contributed by atoms with van der Waals surface area (Å²) in [4.78, 5) is 38.6. The van der Waals surface area contributed by atoms with Gasteiger partial charge in [0.15, 0.2) is 0 Å². The summed E-state index contributed by atoms with van der Waals surface area (Å²) in [6.07, 6.45) is 3.81. The number of para-hydroxylation sites is 1. The first kappa shape index (κ1) is 18.2. The first-order chi connectivity index (χ1) is 13.6. The second-order valence-corrected chi connectivity index (χ2v) is 7.48. The van der Waals surface area contributed by atoms with Gasteiger partial charge in [-0.25, -0.2) is 4.79 Å². The molecule has 0 atom stereocenters. The fraction of sp³-hybridized carbons (Fsp3) is 0.318.